The number of carbonyl (C=O) groups excluding carboxylic acids is 2. The Morgan fingerprint density at radius 3 is 2.71 bits per heavy atom. The molecule has 0 spiro atoms. The van der Waals surface area contributed by atoms with E-state index in [4.69, 9.17) is 5.73 Å². The summed E-state index contributed by atoms with van der Waals surface area (Å²) in [6.07, 6.45) is 7.19. The summed E-state index contributed by atoms with van der Waals surface area (Å²) in [7, 11) is 0. The lowest BCUT2D eigenvalue weighted by molar-refractivity contribution is -0.141. The molecular weight excluding hydrogens is 304 g/mol. The van der Waals surface area contributed by atoms with Gasteiger partial charge in [-0.2, -0.15) is 0 Å². The van der Waals surface area contributed by atoms with Crippen molar-refractivity contribution in [1.82, 2.24) is 14.8 Å². The van der Waals surface area contributed by atoms with Crippen molar-refractivity contribution >= 4 is 17.6 Å². The Kier molecular flexibility index (Phi) is 3.90. The lowest BCUT2D eigenvalue weighted by Gasteiger charge is -2.40. The standard InChI is InChI=1S/C18H24N4O2/c19-16-7-5-13(8-20-16)17(23)21-10-14-4-6-15(11-21)22(18(14)24)9-12-2-1-3-12/h5,7-8,12,14-15H,1-4,6,9-11H2,(H2,19,20)/t14-,15+/m0/s1. The topological polar surface area (TPSA) is 79.5 Å². The van der Waals surface area contributed by atoms with Crippen LogP contribution >= 0.6 is 0 Å². The Balaban J connectivity index is 1.51. The van der Waals surface area contributed by atoms with Crippen molar-refractivity contribution in [3.63, 3.8) is 0 Å². The van der Waals surface area contributed by atoms with Gasteiger partial charge in [-0.25, -0.2) is 4.98 Å². The van der Waals surface area contributed by atoms with Gasteiger partial charge in [-0.15, -0.1) is 0 Å². The third-order valence-electron chi connectivity index (χ3n) is 5.79. The molecule has 2 N–H and O–H groups in total. The van der Waals surface area contributed by atoms with Crippen LogP contribution in [0.15, 0.2) is 18.3 Å². The summed E-state index contributed by atoms with van der Waals surface area (Å²) < 4.78 is 0. The van der Waals surface area contributed by atoms with Gasteiger partial charge in [0.15, 0.2) is 0 Å². The second-order valence-electron chi connectivity index (χ2n) is 7.40. The molecule has 2 atom stereocenters. The number of anilines is 1. The SMILES string of the molecule is Nc1ccc(C(=O)N2C[C@@H]3CC[C@H](C2)N(CC2CCC2)C3=O)cn1. The molecule has 5 rings (SSSR count). The van der Waals surface area contributed by atoms with Gasteiger partial charge in [0.25, 0.3) is 5.91 Å². The minimum atomic E-state index is -0.0467. The van der Waals surface area contributed by atoms with E-state index in [2.05, 4.69) is 9.88 Å². The lowest BCUT2D eigenvalue weighted by atomic mass is 9.83. The zero-order chi connectivity index (χ0) is 16.7. The molecule has 6 nitrogen and oxygen atoms in total. The van der Waals surface area contributed by atoms with Gasteiger partial charge in [0.1, 0.15) is 5.82 Å². The number of piperidine rings is 1. The summed E-state index contributed by atoms with van der Waals surface area (Å²) >= 11 is 0. The van der Waals surface area contributed by atoms with Crippen LogP contribution in [0.4, 0.5) is 5.82 Å². The second kappa shape index (κ2) is 6.07. The van der Waals surface area contributed by atoms with Crippen molar-refractivity contribution in [3.8, 4) is 0 Å². The van der Waals surface area contributed by atoms with Crippen molar-refractivity contribution in [2.45, 2.75) is 38.1 Å². The molecule has 1 saturated carbocycles. The fourth-order valence-electron chi connectivity index (χ4n) is 4.11. The molecule has 1 aliphatic carbocycles. The van der Waals surface area contributed by atoms with E-state index in [1.807, 2.05) is 4.90 Å². The number of rotatable bonds is 3. The van der Waals surface area contributed by atoms with Crippen molar-refractivity contribution in [1.29, 1.82) is 0 Å². The van der Waals surface area contributed by atoms with Crippen molar-refractivity contribution < 1.29 is 9.59 Å². The fourth-order valence-corrected chi connectivity index (χ4v) is 4.11. The molecule has 2 amide bonds. The van der Waals surface area contributed by atoms with Gasteiger partial charge in [-0.3, -0.25) is 9.59 Å². The van der Waals surface area contributed by atoms with Crippen LogP contribution in [0.25, 0.3) is 0 Å². The maximum atomic E-state index is 12.8. The number of nitrogens with zero attached hydrogens (tertiary/aromatic N) is 3. The van der Waals surface area contributed by atoms with E-state index in [9.17, 15) is 9.59 Å². The summed E-state index contributed by atoms with van der Waals surface area (Å²) in [6.45, 7) is 2.04. The molecule has 3 aliphatic heterocycles. The number of carbonyl (C=O) groups is 2. The van der Waals surface area contributed by atoms with Crippen LogP contribution in [0.1, 0.15) is 42.5 Å². The molecule has 4 aliphatic rings. The summed E-state index contributed by atoms with van der Waals surface area (Å²) in [4.78, 5) is 33.5. The Labute approximate surface area is 142 Å². The molecule has 4 heterocycles. The predicted molar refractivity (Wildman–Crippen MR) is 90.1 cm³/mol. The highest BCUT2D eigenvalue weighted by atomic mass is 16.2. The molecule has 24 heavy (non-hydrogen) atoms. The minimum Gasteiger partial charge on any atom is -0.384 e. The molecule has 0 radical (unpaired) electrons. The first kappa shape index (κ1) is 15.4. The third kappa shape index (κ3) is 2.74. The van der Waals surface area contributed by atoms with Crippen molar-refractivity contribution in [3.05, 3.63) is 23.9 Å². The molecule has 1 aromatic heterocycles. The molecular formula is C18H24N4O2. The van der Waals surface area contributed by atoms with E-state index in [-0.39, 0.29) is 23.8 Å². The summed E-state index contributed by atoms with van der Waals surface area (Å²) in [6, 6.07) is 3.53. The third-order valence-corrected chi connectivity index (χ3v) is 5.79. The smallest absolute Gasteiger partial charge is 0.255 e. The first-order valence-electron chi connectivity index (χ1n) is 8.93. The zero-order valence-electron chi connectivity index (χ0n) is 13.9. The monoisotopic (exact) mass is 328 g/mol. The molecule has 4 fully saturated rings. The fraction of sp³-hybridized carbons (Fsp3) is 0.611. The number of nitrogens with two attached hydrogens (primary N) is 1. The van der Waals surface area contributed by atoms with Crippen LogP contribution in [0.3, 0.4) is 0 Å². The van der Waals surface area contributed by atoms with Gasteiger partial charge in [0.2, 0.25) is 5.91 Å². The van der Waals surface area contributed by atoms with Gasteiger partial charge in [0, 0.05) is 31.9 Å². The highest BCUT2D eigenvalue weighted by Gasteiger charge is 2.42. The van der Waals surface area contributed by atoms with E-state index < -0.39 is 0 Å². The normalized spacial score (nSPS) is 27.1. The van der Waals surface area contributed by atoms with Crippen LogP contribution in [-0.2, 0) is 4.79 Å². The number of fused-ring (bicyclic) bond motifs is 4. The average molecular weight is 328 g/mol. The molecule has 0 unspecified atom stereocenters. The van der Waals surface area contributed by atoms with E-state index in [1.165, 1.54) is 25.5 Å². The maximum absolute atomic E-state index is 12.8. The quantitative estimate of drug-likeness (QED) is 0.912. The van der Waals surface area contributed by atoms with Crippen molar-refractivity contribution in [2.24, 2.45) is 11.8 Å². The van der Waals surface area contributed by atoms with Crippen LogP contribution in [0, 0.1) is 11.8 Å². The van der Waals surface area contributed by atoms with Gasteiger partial charge < -0.3 is 15.5 Å². The lowest BCUT2D eigenvalue weighted by Crippen LogP contribution is -2.50. The number of hydrogen-bond donors (Lipinski definition) is 1. The maximum Gasteiger partial charge on any atom is 0.255 e. The first-order valence-corrected chi connectivity index (χ1v) is 8.93. The number of nitrogen functional groups attached to an aromatic ring is 1. The molecule has 0 aromatic carbocycles. The Bertz CT molecular complexity index is 641. The number of pyridine rings is 1. The summed E-state index contributed by atoms with van der Waals surface area (Å²) in [5.74, 6) is 1.24. The highest BCUT2D eigenvalue weighted by molar-refractivity contribution is 5.95. The molecule has 128 valence electrons. The van der Waals surface area contributed by atoms with Crippen LogP contribution in [0.2, 0.25) is 0 Å². The molecule has 6 heteroatoms. The zero-order valence-corrected chi connectivity index (χ0v) is 13.9. The first-order chi connectivity index (χ1) is 11.6. The minimum absolute atomic E-state index is 0.0438. The van der Waals surface area contributed by atoms with Gasteiger partial charge in [0.05, 0.1) is 11.5 Å². The Morgan fingerprint density at radius 1 is 1.21 bits per heavy atom. The number of hydrogen-bond acceptors (Lipinski definition) is 4. The van der Waals surface area contributed by atoms with Crippen molar-refractivity contribution in [2.75, 3.05) is 25.4 Å². The number of amides is 2. The van der Waals surface area contributed by atoms with Crippen LogP contribution in [-0.4, -0.2) is 52.3 Å². The second-order valence-corrected chi connectivity index (χ2v) is 7.40. The van der Waals surface area contributed by atoms with E-state index in [0.29, 0.717) is 30.4 Å². The molecule has 2 bridgehead atoms. The van der Waals surface area contributed by atoms with Gasteiger partial charge >= 0.3 is 0 Å². The van der Waals surface area contributed by atoms with Gasteiger partial charge in [-0.1, -0.05) is 6.42 Å². The van der Waals surface area contributed by atoms with Crippen LogP contribution in [0.5, 0.6) is 0 Å². The Morgan fingerprint density at radius 2 is 2.04 bits per heavy atom. The summed E-state index contributed by atoms with van der Waals surface area (Å²) in [5, 5.41) is 0. The largest absolute Gasteiger partial charge is 0.384 e. The molecule has 1 aromatic rings. The van der Waals surface area contributed by atoms with E-state index in [0.717, 1.165) is 19.4 Å². The van der Waals surface area contributed by atoms with Gasteiger partial charge in [-0.05, 0) is 43.7 Å². The van der Waals surface area contributed by atoms with E-state index in [1.54, 1.807) is 12.1 Å². The number of aromatic nitrogens is 1. The summed E-state index contributed by atoms with van der Waals surface area (Å²) in [5.41, 5.74) is 6.14. The van der Waals surface area contributed by atoms with Crippen LogP contribution < -0.4 is 5.73 Å². The molecule has 3 saturated heterocycles. The van der Waals surface area contributed by atoms with E-state index >= 15 is 0 Å². The Hall–Kier alpha value is -2.11. The average Bonchev–Trinajstić information content (AvgIpc) is 2.83. The predicted octanol–water partition coefficient (Wildman–Crippen LogP) is 1.53. The highest BCUT2D eigenvalue weighted by Crippen LogP contribution is 2.34.